The molecule has 0 atom stereocenters. The van der Waals surface area contributed by atoms with Crippen LogP contribution in [0.2, 0.25) is 0 Å². The second-order valence-electron chi connectivity index (χ2n) is 4.48. The second-order valence-corrected chi connectivity index (χ2v) is 5.43. The zero-order valence-corrected chi connectivity index (χ0v) is 13.2. The van der Waals surface area contributed by atoms with Crippen molar-refractivity contribution in [1.82, 2.24) is 0 Å². The van der Waals surface area contributed by atoms with Gasteiger partial charge < -0.3 is 15.4 Å². The molecule has 0 unspecified atom stereocenters. The van der Waals surface area contributed by atoms with Crippen LogP contribution < -0.4 is 15.4 Å². The zero-order chi connectivity index (χ0) is 16.7. The summed E-state index contributed by atoms with van der Waals surface area (Å²) < 4.78 is 17.8. The molecule has 2 aromatic rings. The van der Waals surface area contributed by atoms with Crippen molar-refractivity contribution in [2.75, 3.05) is 23.5 Å². The van der Waals surface area contributed by atoms with Crippen LogP contribution >= 0.6 is 11.8 Å². The molecule has 2 N–H and O–H groups in total. The predicted octanol–water partition coefficient (Wildman–Crippen LogP) is 3.74. The lowest BCUT2D eigenvalue weighted by molar-refractivity contribution is -0.113. The number of methoxy groups -OCH3 is 1. The number of nitrogens with one attached hydrogen (secondary N) is 2. The molecule has 2 aromatic carbocycles. The van der Waals surface area contributed by atoms with Gasteiger partial charge in [-0.3, -0.25) is 9.59 Å². The second kappa shape index (κ2) is 8.19. The number of thioether (sulfide) groups is 1. The Labute approximate surface area is 137 Å². The fourth-order valence-corrected chi connectivity index (χ4v) is 2.21. The number of halogens is 1. The van der Waals surface area contributed by atoms with Gasteiger partial charge in [0.25, 0.3) is 5.24 Å². The first-order valence-corrected chi connectivity index (χ1v) is 7.68. The van der Waals surface area contributed by atoms with E-state index in [-0.39, 0.29) is 22.7 Å². The molecule has 2 rings (SSSR count). The number of hydrogen-bond donors (Lipinski definition) is 2. The van der Waals surface area contributed by atoms with E-state index >= 15 is 0 Å². The minimum absolute atomic E-state index is 0.0287. The van der Waals surface area contributed by atoms with Crippen LogP contribution in [-0.2, 0) is 4.79 Å². The molecule has 5 nitrogen and oxygen atoms in total. The topological polar surface area (TPSA) is 67.4 Å². The SMILES string of the molecule is COc1ccc(NC(=O)CSC(=O)Nc2ccc(F)cc2)cc1. The number of benzene rings is 2. The summed E-state index contributed by atoms with van der Waals surface area (Å²) in [6, 6.07) is 12.3. The summed E-state index contributed by atoms with van der Waals surface area (Å²) in [6.07, 6.45) is 0. The van der Waals surface area contributed by atoms with Gasteiger partial charge in [-0.1, -0.05) is 11.8 Å². The first-order valence-electron chi connectivity index (χ1n) is 6.70. The molecular weight excluding hydrogens is 319 g/mol. The van der Waals surface area contributed by atoms with E-state index in [1.807, 2.05) is 0 Å². The van der Waals surface area contributed by atoms with Crippen molar-refractivity contribution in [3.05, 3.63) is 54.3 Å². The Morgan fingerprint density at radius 2 is 1.57 bits per heavy atom. The van der Waals surface area contributed by atoms with E-state index in [4.69, 9.17) is 4.74 Å². The molecular formula is C16H15FN2O3S. The first kappa shape index (κ1) is 16.8. The van der Waals surface area contributed by atoms with Gasteiger partial charge in [-0.15, -0.1) is 0 Å². The Kier molecular flexibility index (Phi) is 5.99. The van der Waals surface area contributed by atoms with Crippen molar-refractivity contribution in [3.63, 3.8) is 0 Å². The highest BCUT2D eigenvalue weighted by Gasteiger charge is 2.08. The molecule has 0 aliphatic rings. The molecule has 120 valence electrons. The van der Waals surface area contributed by atoms with Crippen molar-refractivity contribution >= 4 is 34.3 Å². The summed E-state index contributed by atoms with van der Waals surface area (Å²) in [5.41, 5.74) is 1.09. The van der Waals surface area contributed by atoms with Crippen LogP contribution in [0.5, 0.6) is 5.75 Å². The van der Waals surface area contributed by atoms with Crippen LogP contribution in [0.15, 0.2) is 48.5 Å². The van der Waals surface area contributed by atoms with Crippen LogP contribution in [0.4, 0.5) is 20.6 Å². The normalized spacial score (nSPS) is 10.0. The molecule has 0 spiro atoms. The highest BCUT2D eigenvalue weighted by atomic mass is 32.2. The molecule has 7 heteroatoms. The summed E-state index contributed by atoms with van der Waals surface area (Å²) in [5, 5.41) is 4.85. The maximum atomic E-state index is 12.8. The third kappa shape index (κ3) is 5.63. The third-order valence-electron chi connectivity index (χ3n) is 2.80. The first-order chi connectivity index (χ1) is 11.1. The highest BCUT2D eigenvalue weighted by Crippen LogP contribution is 2.16. The Morgan fingerprint density at radius 3 is 2.17 bits per heavy atom. The average molecular weight is 334 g/mol. The van der Waals surface area contributed by atoms with Crippen LogP contribution in [-0.4, -0.2) is 24.0 Å². The molecule has 0 aromatic heterocycles. The summed E-state index contributed by atoms with van der Waals surface area (Å²) in [5.74, 6) is -0.0148. The van der Waals surface area contributed by atoms with Gasteiger partial charge in [0.05, 0.1) is 12.9 Å². The van der Waals surface area contributed by atoms with Gasteiger partial charge >= 0.3 is 0 Å². The van der Waals surface area contributed by atoms with E-state index in [1.165, 1.54) is 24.3 Å². The summed E-state index contributed by atoms with van der Waals surface area (Å²) in [6.45, 7) is 0. The molecule has 0 saturated carbocycles. The van der Waals surface area contributed by atoms with Crippen molar-refractivity contribution in [3.8, 4) is 5.75 Å². The van der Waals surface area contributed by atoms with Crippen molar-refractivity contribution in [2.24, 2.45) is 0 Å². The van der Waals surface area contributed by atoms with E-state index in [2.05, 4.69) is 10.6 Å². The summed E-state index contributed by atoms with van der Waals surface area (Å²) in [7, 11) is 1.56. The van der Waals surface area contributed by atoms with Gasteiger partial charge in [-0.05, 0) is 48.5 Å². The lowest BCUT2D eigenvalue weighted by Crippen LogP contribution is -2.16. The monoisotopic (exact) mass is 334 g/mol. The molecule has 2 amide bonds. The Morgan fingerprint density at radius 1 is 1.00 bits per heavy atom. The van der Waals surface area contributed by atoms with Crippen molar-refractivity contribution in [1.29, 1.82) is 0 Å². The van der Waals surface area contributed by atoms with Crippen LogP contribution in [0, 0.1) is 5.82 Å². The van der Waals surface area contributed by atoms with E-state index in [0.29, 0.717) is 17.1 Å². The smallest absolute Gasteiger partial charge is 0.283 e. The van der Waals surface area contributed by atoms with Gasteiger partial charge in [0, 0.05) is 11.4 Å². The van der Waals surface area contributed by atoms with Gasteiger partial charge in [0.2, 0.25) is 5.91 Å². The van der Waals surface area contributed by atoms with Gasteiger partial charge in [0.1, 0.15) is 11.6 Å². The Balaban J connectivity index is 1.76. The third-order valence-corrected chi connectivity index (χ3v) is 3.57. The Bertz CT molecular complexity index is 675. The highest BCUT2D eigenvalue weighted by molar-refractivity contribution is 8.14. The molecule has 0 aliphatic carbocycles. The quantitative estimate of drug-likeness (QED) is 0.874. The molecule has 0 radical (unpaired) electrons. The zero-order valence-electron chi connectivity index (χ0n) is 12.3. The maximum Gasteiger partial charge on any atom is 0.283 e. The predicted molar refractivity (Wildman–Crippen MR) is 89.5 cm³/mol. The number of hydrogen-bond acceptors (Lipinski definition) is 4. The Hall–Kier alpha value is -2.54. The van der Waals surface area contributed by atoms with Crippen molar-refractivity contribution in [2.45, 2.75) is 0 Å². The molecule has 0 heterocycles. The van der Waals surface area contributed by atoms with Crippen LogP contribution in [0.1, 0.15) is 0 Å². The number of anilines is 2. The molecule has 0 aliphatic heterocycles. The fraction of sp³-hybridized carbons (Fsp3) is 0.125. The van der Waals surface area contributed by atoms with Gasteiger partial charge in [-0.2, -0.15) is 0 Å². The lowest BCUT2D eigenvalue weighted by Gasteiger charge is -2.07. The molecule has 0 bridgehead atoms. The number of carbonyl (C=O) groups excluding carboxylic acids is 2. The van der Waals surface area contributed by atoms with E-state index in [1.54, 1.807) is 31.4 Å². The van der Waals surface area contributed by atoms with Crippen molar-refractivity contribution < 1.29 is 18.7 Å². The largest absolute Gasteiger partial charge is 0.497 e. The molecule has 0 saturated heterocycles. The molecule has 0 fully saturated rings. The van der Waals surface area contributed by atoms with E-state index in [9.17, 15) is 14.0 Å². The van der Waals surface area contributed by atoms with Crippen LogP contribution in [0.3, 0.4) is 0 Å². The number of rotatable bonds is 5. The number of ether oxygens (including phenoxy) is 1. The maximum absolute atomic E-state index is 12.8. The fourth-order valence-electron chi connectivity index (χ4n) is 1.69. The van der Waals surface area contributed by atoms with Gasteiger partial charge in [-0.25, -0.2) is 4.39 Å². The standard InChI is InChI=1S/C16H15FN2O3S/c1-22-14-8-6-12(7-9-14)18-15(20)10-23-16(21)19-13-4-2-11(17)3-5-13/h2-9H,10H2,1H3,(H,18,20)(H,19,21). The minimum Gasteiger partial charge on any atom is -0.497 e. The average Bonchev–Trinajstić information content (AvgIpc) is 2.56. The molecule has 23 heavy (non-hydrogen) atoms. The van der Waals surface area contributed by atoms with E-state index in [0.717, 1.165) is 11.8 Å². The van der Waals surface area contributed by atoms with Gasteiger partial charge in [0.15, 0.2) is 0 Å². The van der Waals surface area contributed by atoms with Crippen LogP contribution in [0.25, 0.3) is 0 Å². The number of amides is 2. The van der Waals surface area contributed by atoms with E-state index < -0.39 is 0 Å². The minimum atomic E-state index is -0.388. The summed E-state index contributed by atoms with van der Waals surface area (Å²) in [4.78, 5) is 23.5. The summed E-state index contributed by atoms with van der Waals surface area (Å²) >= 11 is 0.830. The number of carbonyl (C=O) groups is 2. The lowest BCUT2D eigenvalue weighted by atomic mass is 10.3.